The second-order valence-corrected chi connectivity index (χ2v) is 14.7. The first-order chi connectivity index (χ1) is 26.9. The zero-order valence-corrected chi connectivity index (χ0v) is 32.1. The van der Waals surface area contributed by atoms with Gasteiger partial charge in [0.2, 0.25) is 0 Å². The molecule has 1 heterocycles. The van der Waals surface area contributed by atoms with Gasteiger partial charge in [-0.3, -0.25) is 0 Å². The molecular formula is C47H44N4O5. The van der Waals surface area contributed by atoms with E-state index in [1.54, 1.807) is 62.4 Å². The van der Waals surface area contributed by atoms with Gasteiger partial charge < -0.3 is 19.1 Å². The van der Waals surface area contributed by atoms with E-state index in [4.69, 9.17) is 14.2 Å². The summed E-state index contributed by atoms with van der Waals surface area (Å²) < 4.78 is 17.0. The van der Waals surface area contributed by atoms with Crippen LogP contribution in [0.4, 0.5) is 5.69 Å². The molecule has 0 unspecified atom stereocenters. The standard InChI is InChI=1S/C47H44N4O5/c1-46(2)29-35(12-11-17-42-41(33-50)43(39(31-48)32-49)56-47(42,3)4)28-36(30-46)19-18-34-20-22-40(23-21-34)51(24-26-54-44(52)37-13-7-5-8-14-37)25-27-55-45(53)38-15-9-6-10-16-38/h5-23,28H,24-27,29-30H2,1-4H3/b17-11+,19-18+,35-12-. The molecule has 9 heteroatoms. The van der Waals surface area contributed by atoms with Gasteiger partial charge in [0, 0.05) is 11.3 Å². The molecule has 9 nitrogen and oxygen atoms in total. The quantitative estimate of drug-likeness (QED) is 0.124. The first-order valence-electron chi connectivity index (χ1n) is 18.4. The summed E-state index contributed by atoms with van der Waals surface area (Å²) in [6, 6.07) is 31.5. The Morgan fingerprint density at radius 2 is 1.34 bits per heavy atom. The largest absolute Gasteiger partial charge is 0.480 e. The number of nitrogens with zero attached hydrogens (tertiary/aromatic N) is 4. The lowest BCUT2D eigenvalue weighted by Crippen LogP contribution is -2.32. The molecule has 56 heavy (non-hydrogen) atoms. The van der Waals surface area contributed by atoms with Crippen LogP contribution >= 0.6 is 0 Å². The van der Waals surface area contributed by atoms with Gasteiger partial charge in [-0.15, -0.1) is 0 Å². The van der Waals surface area contributed by atoms with E-state index in [0.717, 1.165) is 29.7 Å². The number of carbonyl (C=O) groups is 2. The van der Waals surface area contributed by atoms with Crippen LogP contribution in [0.25, 0.3) is 6.08 Å². The Balaban J connectivity index is 1.29. The first kappa shape index (κ1) is 40.3. The minimum absolute atomic E-state index is 0.0175. The molecule has 3 aromatic rings. The van der Waals surface area contributed by atoms with E-state index in [1.165, 1.54) is 5.57 Å². The topological polar surface area (TPSA) is 136 Å². The molecular weight excluding hydrogens is 701 g/mol. The van der Waals surface area contributed by atoms with Crippen LogP contribution in [0.2, 0.25) is 0 Å². The maximum Gasteiger partial charge on any atom is 0.338 e. The number of carbonyl (C=O) groups excluding carboxylic acids is 2. The van der Waals surface area contributed by atoms with Crippen molar-refractivity contribution in [1.82, 2.24) is 0 Å². The van der Waals surface area contributed by atoms with Crippen LogP contribution < -0.4 is 4.90 Å². The van der Waals surface area contributed by atoms with Gasteiger partial charge in [0.05, 0.1) is 24.2 Å². The molecule has 0 fully saturated rings. The number of hydrogen-bond donors (Lipinski definition) is 0. The highest BCUT2D eigenvalue weighted by atomic mass is 16.5. The molecule has 282 valence electrons. The summed E-state index contributed by atoms with van der Waals surface area (Å²) in [6.07, 6.45) is 13.9. The third kappa shape index (κ3) is 10.6. The number of rotatable bonds is 13. The zero-order chi connectivity index (χ0) is 40.1. The fourth-order valence-corrected chi connectivity index (χ4v) is 6.65. The lowest BCUT2D eigenvalue weighted by molar-refractivity contribution is 0.0504. The van der Waals surface area contributed by atoms with Crippen molar-refractivity contribution in [3.8, 4) is 18.2 Å². The Kier molecular flexibility index (Phi) is 13.3. The lowest BCUT2D eigenvalue weighted by atomic mass is 9.75. The van der Waals surface area contributed by atoms with Gasteiger partial charge in [-0.25, -0.2) is 9.59 Å². The van der Waals surface area contributed by atoms with E-state index >= 15 is 0 Å². The number of esters is 2. The van der Waals surface area contributed by atoms with Crippen LogP contribution in [-0.4, -0.2) is 43.8 Å². The number of allylic oxidation sites excluding steroid dienone is 8. The monoisotopic (exact) mass is 744 g/mol. The lowest BCUT2D eigenvalue weighted by Gasteiger charge is -2.30. The predicted molar refractivity (Wildman–Crippen MR) is 216 cm³/mol. The van der Waals surface area contributed by atoms with Crippen molar-refractivity contribution in [2.75, 3.05) is 31.2 Å². The third-order valence-corrected chi connectivity index (χ3v) is 9.33. The van der Waals surface area contributed by atoms with Gasteiger partial charge in [-0.05, 0) is 85.2 Å². The predicted octanol–water partition coefficient (Wildman–Crippen LogP) is 9.38. The van der Waals surface area contributed by atoms with Crippen molar-refractivity contribution in [3.05, 3.63) is 166 Å². The fourth-order valence-electron chi connectivity index (χ4n) is 6.65. The molecule has 0 atom stereocenters. The van der Waals surface area contributed by atoms with E-state index < -0.39 is 17.5 Å². The summed E-state index contributed by atoms with van der Waals surface area (Å²) in [5.74, 6) is -0.770. The van der Waals surface area contributed by atoms with Crippen molar-refractivity contribution >= 4 is 23.7 Å². The van der Waals surface area contributed by atoms with E-state index in [0.29, 0.717) is 29.8 Å². The normalized spacial score (nSPS) is 16.4. The van der Waals surface area contributed by atoms with Crippen LogP contribution in [0.3, 0.4) is 0 Å². The first-order valence-corrected chi connectivity index (χ1v) is 18.4. The smallest absolute Gasteiger partial charge is 0.338 e. The molecule has 5 rings (SSSR count). The number of benzene rings is 3. The number of anilines is 1. The molecule has 0 bridgehead atoms. The van der Waals surface area contributed by atoms with Gasteiger partial charge in [-0.1, -0.05) is 98.8 Å². The molecule has 2 aliphatic rings. The molecule has 3 aromatic carbocycles. The molecule has 1 aliphatic carbocycles. The van der Waals surface area contributed by atoms with Gasteiger partial charge in [-0.2, -0.15) is 15.8 Å². The number of nitriles is 3. The van der Waals surface area contributed by atoms with Crippen molar-refractivity contribution in [3.63, 3.8) is 0 Å². The van der Waals surface area contributed by atoms with Crippen molar-refractivity contribution < 1.29 is 23.8 Å². The summed E-state index contributed by atoms with van der Waals surface area (Å²) in [4.78, 5) is 27.2. The fraction of sp³-hybridized carbons (Fsp3) is 0.255. The van der Waals surface area contributed by atoms with E-state index in [9.17, 15) is 25.4 Å². The van der Waals surface area contributed by atoms with Crippen LogP contribution in [0.1, 0.15) is 66.8 Å². The van der Waals surface area contributed by atoms with Crippen molar-refractivity contribution in [2.45, 2.75) is 46.1 Å². The highest BCUT2D eigenvalue weighted by Crippen LogP contribution is 2.41. The molecule has 0 spiro atoms. The van der Waals surface area contributed by atoms with E-state index in [2.05, 4.69) is 38.1 Å². The maximum absolute atomic E-state index is 12.6. The van der Waals surface area contributed by atoms with E-state index in [1.807, 2.05) is 71.7 Å². The molecule has 0 saturated carbocycles. The average molecular weight is 745 g/mol. The van der Waals surface area contributed by atoms with Crippen molar-refractivity contribution in [1.29, 1.82) is 15.8 Å². The number of hydrogen-bond acceptors (Lipinski definition) is 9. The average Bonchev–Trinajstić information content (AvgIpc) is 3.45. The van der Waals surface area contributed by atoms with E-state index in [-0.39, 0.29) is 35.5 Å². The van der Waals surface area contributed by atoms with Gasteiger partial charge in [0.1, 0.15) is 42.6 Å². The second kappa shape index (κ2) is 18.4. The van der Waals surface area contributed by atoms with Crippen LogP contribution in [0, 0.1) is 39.4 Å². The van der Waals surface area contributed by atoms with Crippen molar-refractivity contribution in [2.24, 2.45) is 5.41 Å². The Hall–Kier alpha value is -6.89. The highest BCUT2D eigenvalue weighted by molar-refractivity contribution is 5.89. The Bertz CT molecular complexity index is 2160. The molecule has 0 N–H and O–H groups in total. The molecule has 0 aromatic heterocycles. The zero-order valence-electron chi connectivity index (χ0n) is 32.1. The Morgan fingerprint density at radius 1 is 0.768 bits per heavy atom. The Labute approximate surface area is 329 Å². The SMILES string of the molecule is CC1(C)CC(/C=C/c2ccc(N(CCOC(=O)c3ccccc3)CCOC(=O)c3ccccc3)cc2)=CC(=C/C=C/C2=C(C#N)C(=C(C#N)C#N)OC2(C)C)/C1. The van der Waals surface area contributed by atoms with Gasteiger partial charge in [0.25, 0.3) is 0 Å². The minimum atomic E-state index is -0.874. The third-order valence-electron chi connectivity index (χ3n) is 9.33. The molecule has 1 aliphatic heterocycles. The summed E-state index contributed by atoms with van der Waals surface area (Å²) >= 11 is 0. The van der Waals surface area contributed by atoms with Gasteiger partial charge >= 0.3 is 11.9 Å². The van der Waals surface area contributed by atoms with Gasteiger partial charge in [0.15, 0.2) is 11.3 Å². The van der Waals surface area contributed by atoms with Crippen LogP contribution in [0.15, 0.2) is 149 Å². The minimum Gasteiger partial charge on any atom is -0.480 e. The second-order valence-electron chi connectivity index (χ2n) is 14.7. The molecule has 0 radical (unpaired) electrons. The van der Waals surface area contributed by atoms with Crippen LogP contribution in [0.5, 0.6) is 0 Å². The summed E-state index contributed by atoms with van der Waals surface area (Å²) in [5.41, 5.74) is 4.90. The molecule has 0 amide bonds. The summed E-state index contributed by atoms with van der Waals surface area (Å²) in [6.45, 7) is 9.19. The highest BCUT2D eigenvalue weighted by Gasteiger charge is 2.38. The number of ether oxygens (including phenoxy) is 3. The summed E-state index contributed by atoms with van der Waals surface area (Å²) in [7, 11) is 0. The Morgan fingerprint density at radius 3 is 1.88 bits per heavy atom. The maximum atomic E-state index is 12.6. The summed E-state index contributed by atoms with van der Waals surface area (Å²) in [5, 5.41) is 28.6. The molecule has 0 saturated heterocycles. The van der Waals surface area contributed by atoms with Crippen LogP contribution in [-0.2, 0) is 14.2 Å².